The van der Waals surface area contributed by atoms with Crippen LogP contribution in [0, 0.1) is 5.92 Å². The van der Waals surface area contributed by atoms with Crippen molar-refractivity contribution < 1.29 is 17.2 Å². The number of nitrogens with one attached hydrogen (secondary N) is 1. The molecule has 1 aromatic carbocycles. The van der Waals surface area contributed by atoms with Crippen molar-refractivity contribution in [1.29, 1.82) is 0 Å². The van der Waals surface area contributed by atoms with Crippen molar-refractivity contribution >= 4 is 9.84 Å². The third kappa shape index (κ3) is 3.99. The van der Waals surface area contributed by atoms with Crippen LogP contribution in [0.5, 0.6) is 0 Å². The van der Waals surface area contributed by atoms with Crippen molar-refractivity contribution in [1.82, 2.24) is 5.32 Å². The first-order chi connectivity index (χ1) is 9.30. The van der Waals surface area contributed by atoms with Crippen LogP contribution >= 0.6 is 0 Å². The molecule has 0 saturated carbocycles. The van der Waals surface area contributed by atoms with Gasteiger partial charge in [-0.05, 0) is 30.5 Å². The summed E-state index contributed by atoms with van der Waals surface area (Å²) in [4.78, 5) is -0.265. The summed E-state index contributed by atoms with van der Waals surface area (Å²) in [6.07, 6.45) is 0.410. The minimum atomic E-state index is -4.55. The van der Waals surface area contributed by atoms with Gasteiger partial charge in [-0.3, -0.25) is 0 Å². The first kappa shape index (κ1) is 17.0. The molecule has 0 heterocycles. The van der Waals surface area contributed by atoms with Crippen LogP contribution in [0.3, 0.4) is 0 Å². The van der Waals surface area contributed by atoms with E-state index < -0.39 is 15.6 Å². The van der Waals surface area contributed by atoms with Gasteiger partial charge in [-0.15, -0.1) is 0 Å². The zero-order chi connectivity index (χ0) is 15.3. The van der Waals surface area contributed by atoms with E-state index in [0.717, 1.165) is 6.54 Å². The lowest BCUT2D eigenvalue weighted by molar-refractivity contribution is 0.234. The molecule has 1 N–H and O–H groups in total. The molecule has 0 amide bonds. The summed E-state index contributed by atoms with van der Waals surface area (Å²) in [7, 11) is -4.55. The maximum atomic E-state index is 12.7. The molecule has 0 radical (unpaired) electrons. The molecule has 1 atom stereocenters. The minimum Gasteiger partial charge on any atom is -0.314 e. The normalized spacial score (nSPS) is 13.9. The van der Waals surface area contributed by atoms with Gasteiger partial charge in [0.1, 0.15) is 0 Å². The van der Waals surface area contributed by atoms with Crippen LogP contribution in [-0.2, 0) is 16.3 Å². The lowest BCUT2D eigenvalue weighted by Crippen LogP contribution is -2.36. The second-order valence-electron chi connectivity index (χ2n) is 5.03. The highest BCUT2D eigenvalue weighted by atomic mass is 32.2. The van der Waals surface area contributed by atoms with E-state index in [2.05, 4.69) is 5.32 Å². The molecular weight excluding hydrogens is 284 g/mol. The third-order valence-corrected chi connectivity index (χ3v) is 4.71. The molecule has 114 valence electrons. The molecule has 3 nitrogen and oxygen atoms in total. The van der Waals surface area contributed by atoms with Crippen LogP contribution in [0.1, 0.15) is 26.3 Å². The van der Waals surface area contributed by atoms with E-state index in [1.54, 1.807) is 12.1 Å². The van der Waals surface area contributed by atoms with Gasteiger partial charge in [0.05, 0.1) is 4.90 Å². The Morgan fingerprint density at radius 1 is 1.20 bits per heavy atom. The van der Waals surface area contributed by atoms with E-state index in [1.165, 1.54) is 12.1 Å². The fourth-order valence-electron chi connectivity index (χ4n) is 2.09. The Morgan fingerprint density at radius 3 is 2.30 bits per heavy atom. The largest absolute Gasteiger partial charge is 0.341 e. The van der Waals surface area contributed by atoms with E-state index >= 15 is 0 Å². The van der Waals surface area contributed by atoms with Crippen LogP contribution in [0.2, 0.25) is 0 Å². The molecule has 1 unspecified atom stereocenters. The summed E-state index contributed by atoms with van der Waals surface area (Å²) in [5.41, 5.74) is 0.437. The standard InChI is InChI=1S/C14H21F2NO2S/c1-4-17-12(10(2)3)9-11-7-5-6-8-13(11)20(18,19)14(15)16/h5-8,10,12,14,17H,4,9H2,1-3H3. The van der Waals surface area contributed by atoms with E-state index in [1.807, 2.05) is 20.8 Å². The predicted molar refractivity (Wildman–Crippen MR) is 75.6 cm³/mol. The average Bonchev–Trinajstić information content (AvgIpc) is 2.38. The molecule has 20 heavy (non-hydrogen) atoms. The van der Waals surface area contributed by atoms with Gasteiger partial charge in [0.15, 0.2) is 0 Å². The summed E-state index contributed by atoms with van der Waals surface area (Å²) >= 11 is 0. The average molecular weight is 305 g/mol. The second kappa shape index (κ2) is 7.13. The highest BCUT2D eigenvalue weighted by Gasteiger charge is 2.29. The molecule has 0 aliphatic carbocycles. The van der Waals surface area contributed by atoms with E-state index in [0.29, 0.717) is 12.0 Å². The molecule has 0 saturated heterocycles. The monoisotopic (exact) mass is 305 g/mol. The SMILES string of the molecule is CCNC(Cc1ccccc1S(=O)(=O)C(F)F)C(C)C. The Kier molecular flexibility index (Phi) is 6.07. The van der Waals surface area contributed by atoms with Gasteiger partial charge in [0.25, 0.3) is 0 Å². The molecule has 0 fully saturated rings. The summed E-state index contributed by atoms with van der Waals surface area (Å²) in [5, 5.41) is 3.26. The van der Waals surface area contributed by atoms with Crippen LogP contribution in [0.15, 0.2) is 29.2 Å². The zero-order valence-corrected chi connectivity index (χ0v) is 12.8. The topological polar surface area (TPSA) is 46.2 Å². The number of hydrogen-bond donors (Lipinski definition) is 1. The number of sulfone groups is 1. The highest BCUT2D eigenvalue weighted by Crippen LogP contribution is 2.24. The Labute approximate surface area is 119 Å². The summed E-state index contributed by atoms with van der Waals surface area (Å²) in [6, 6.07) is 6.04. The van der Waals surface area contributed by atoms with Gasteiger partial charge >= 0.3 is 5.76 Å². The van der Waals surface area contributed by atoms with Gasteiger partial charge in [0.2, 0.25) is 9.84 Å². The number of alkyl halides is 2. The summed E-state index contributed by atoms with van der Waals surface area (Å²) in [5.74, 6) is -3.11. The number of hydrogen-bond acceptors (Lipinski definition) is 3. The van der Waals surface area contributed by atoms with Gasteiger partial charge in [-0.2, -0.15) is 8.78 Å². The molecule has 0 aliphatic heterocycles. The van der Waals surface area contributed by atoms with E-state index in [4.69, 9.17) is 0 Å². The summed E-state index contributed by atoms with van der Waals surface area (Å²) < 4.78 is 48.8. The molecule has 1 rings (SSSR count). The van der Waals surface area contributed by atoms with Gasteiger partial charge in [0, 0.05) is 6.04 Å². The molecule has 0 spiro atoms. The number of likely N-dealkylation sites (N-methyl/N-ethyl adjacent to an activating group) is 1. The maximum Gasteiger partial charge on any atom is 0.341 e. The predicted octanol–water partition coefficient (Wildman–Crippen LogP) is 2.86. The van der Waals surface area contributed by atoms with Crippen molar-refractivity contribution in [3.63, 3.8) is 0 Å². The number of rotatable bonds is 7. The molecular formula is C14H21F2NO2S. The fraction of sp³-hybridized carbons (Fsp3) is 0.571. The molecule has 1 aromatic rings. The highest BCUT2D eigenvalue weighted by molar-refractivity contribution is 7.91. The fourth-order valence-corrected chi connectivity index (χ4v) is 3.07. The Morgan fingerprint density at radius 2 is 1.80 bits per heavy atom. The smallest absolute Gasteiger partial charge is 0.314 e. The summed E-state index contributed by atoms with van der Waals surface area (Å²) in [6.45, 7) is 6.72. The van der Waals surface area contributed by atoms with Gasteiger partial charge in [-0.25, -0.2) is 8.42 Å². The van der Waals surface area contributed by atoms with E-state index in [-0.39, 0.29) is 16.9 Å². The van der Waals surface area contributed by atoms with Crippen LogP contribution in [0.4, 0.5) is 8.78 Å². The Hall–Kier alpha value is -1.01. The first-order valence-corrected chi connectivity index (χ1v) is 8.18. The third-order valence-electron chi connectivity index (χ3n) is 3.22. The lowest BCUT2D eigenvalue weighted by atomic mass is 9.96. The van der Waals surface area contributed by atoms with Crippen molar-refractivity contribution in [3.8, 4) is 0 Å². The molecule has 0 aromatic heterocycles. The molecule has 0 bridgehead atoms. The number of benzene rings is 1. The number of halogens is 2. The zero-order valence-electron chi connectivity index (χ0n) is 11.9. The van der Waals surface area contributed by atoms with Crippen LogP contribution in [-0.4, -0.2) is 26.8 Å². The lowest BCUT2D eigenvalue weighted by Gasteiger charge is -2.23. The Balaban J connectivity index is 3.14. The molecule has 6 heteroatoms. The van der Waals surface area contributed by atoms with Crippen molar-refractivity contribution in [2.24, 2.45) is 5.92 Å². The van der Waals surface area contributed by atoms with Crippen molar-refractivity contribution in [2.75, 3.05) is 6.54 Å². The van der Waals surface area contributed by atoms with Crippen molar-refractivity contribution in [2.45, 2.75) is 43.9 Å². The van der Waals surface area contributed by atoms with Crippen LogP contribution < -0.4 is 5.32 Å². The van der Waals surface area contributed by atoms with Crippen molar-refractivity contribution in [3.05, 3.63) is 29.8 Å². The quantitative estimate of drug-likeness (QED) is 0.842. The first-order valence-electron chi connectivity index (χ1n) is 6.64. The second-order valence-corrected chi connectivity index (χ2v) is 6.91. The maximum absolute atomic E-state index is 12.7. The minimum absolute atomic E-state index is 0.0500. The van der Waals surface area contributed by atoms with E-state index in [9.17, 15) is 17.2 Å². The molecule has 0 aliphatic rings. The van der Waals surface area contributed by atoms with Gasteiger partial charge < -0.3 is 5.32 Å². The Bertz CT molecular complexity index is 530. The van der Waals surface area contributed by atoms with Gasteiger partial charge in [-0.1, -0.05) is 39.0 Å². The van der Waals surface area contributed by atoms with Crippen LogP contribution in [0.25, 0.3) is 0 Å².